The van der Waals surface area contributed by atoms with E-state index in [1.807, 2.05) is 67.7 Å². The normalized spacial score (nSPS) is 13.6. The highest BCUT2D eigenvalue weighted by Gasteiger charge is 2.28. The molecule has 0 radical (unpaired) electrons. The minimum absolute atomic E-state index is 0.109. The molecule has 4 heterocycles. The van der Waals surface area contributed by atoms with Gasteiger partial charge in [-0.05, 0) is 18.1 Å². The van der Waals surface area contributed by atoms with Crippen LogP contribution < -0.4 is 5.56 Å². The van der Waals surface area contributed by atoms with Crippen LogP contribution in [0.5, 0.6) is 0 Å². The van der Waals surface area contributed by atoms with Crippen LogP contribution in [0.2, 0.25) is 0 Å². The molecule has 0 fully saturated rings. The Morgan fingerprint density at radius 3 is 2.69 bits per heavy atom. The number of rotatable bonds is 2. The summed E-state index contributed by atoms with van der Waals surface area (Å²) in [5, 5.41) is 8.45. The number of hydrogen-bond acceptors (Lipinski definition) is 4. The molecule has 32 heavy (non-hydrogen) atoms. The van der Waals surface area contributed by atoms with Gasteiger partial charge in [0.15, 0.2) is 11.3 Å². The lowest BCUT2D eigenvalue weighted by atomic mass is 10.1. The van der Waals surface area contributed by atoms with Gasteiger partial charge in [-0.15, -0.1) is 0 Å². The summed E-state index contributed by atoms with van der Waals surface area (Å²) in [5.74, 6) is -0.145. The fourth-order valence-electron chi connectivity index (χ4n) is 4.45. The maximum absolute atomic E-state index is 13.3. The van der Waals surface area contributed by atoms with Gasteiger partial charge in [0.2, 0.25) is 0 Å². The van der Waals surface area contributed by atoms with E-state index in [1.54, 1.807) is 9.58 Å². The molecular weight excluding hydrogens is 404 g/mol. The van der Waals surface area contributed by atoms with Crippen LogP contribution in [-0.4, -0.2) is 41.7 Å². The molecule has 0 saturated heterocycles. The monoisotopic (exact) mass is 424 g/mol. The van der Waals surface area contributed by atoms with Crippen molar-refractivity contribution in [2.75, 3.05) is 6.54 Å². The van der Waals surface area contributed by atoms with E-state index in [9.17, 15) is 9.59 Å². The molecule has 1 N–H and O–H groups in total. The van der Waals surface area contributed by atoms with Crippen molar-refractivity contribution < 1.29 is 4.79 Å². The number of carbonyl (C=O) groups excluding carboxylic acids is 1. The number of amides is 1. The number of aromatic nitrogens is 5. The minimum Gasteiger partial charge on any atom is -0.331 e. The molecule has 158 valence electrons. The molecule has 2 aromatic carbocycles. The summed E-state index contributed by atoms with van der Waals surface area (Å²) in [4.78, 5) is 32.9. The van der Waals surface area contributed by atoms with Gasteiger partial charge in [-0.3, -0.25) is 19.4 Å². The quantitative estimate of drug-likeness (QED) is 0.472. The third kappa shape index (κ3) is 2.76. The van der Waals surface area contributed by atoms with Crippen LogP contribution in [0, 0.1) is 0 Å². The van der Waals surface area contributed by atoms with Gasteiger partial charge in [0.1, 0.15) is 0 Å². The Labute approximate surface area is 182 Å². The smallest absolute Gasteiger partial charge is 0.276 e. The second-order valence-electron chi connectivity index (χ2n) is 8.04. The van der Waals surface area contributed by atoms with Crippen molar-refractivity contribution in [2.24, 2.45) is 7.05 Å². The first kappa shape index (κ1) is 18.6. The Hall–Kier alpha value is -4.20. The summed E-state index contributed by atoms with van der Waals surface area (Å²) in [7, 11) is 1.83. The number of aryl methyl sites for hydroxylation is 1. The lowest BCUT2D eigenvalue weighted by molar-refractivity contribution is 0.0726. The zero-order valence-corrected chi connectivity index (χ0v) is 17.4. The maximum atomic E-state index is 13.3. The van der Waals surface area contributed by atoms with Crippen molar-refractivity contribution >= 4 is 22.5 Å². The van der Waals surface area contributed by atoms with E-state index in [-0.39, 0.29) is 18.0 Å². The van der Waals surface area contributed by atoms with Crippen molar-refractivity contribution in [1.82, 2.24) is 29.3 Å². The van der Waals surface area contributed by atoms with Gasteiger partial charge in [0.25, 0.3) is 11.5 Å². The Morgan fingerprint density at radius 1 is 1.06 bits per heavy atom. The van der Waals surface area contributed by atoms with Gasteiger partial charge in [-0.1, -0.05) is 48.5 Å². The predicted molar refractivity (Wildman–Crippen MR) is 120 cm³/mol. The van der Waals surface area contributed by atoms with E-state index >= 15 is 0 Å². The maximum Gasteiger partial charge on any atom is 0.276 e. The molecular formula is C24H20N6O2. The molecule has 5 aromatic rings. The number of fused-ring (bicyclic) bond motifs is 3. The van der Waals surface area contributed by atoms with Crippen molar-refractivity contribution in [1.29, 1.82) is 0 Å². The highest BCUT2D eigenvalue weighted by molar-refractivity contribution is 6.04. The van der Waals surface area contributed by atoms with Crippen LogP contribution in [0.1, 0.15) is 21.7 Å². The molecule has 0 atom stereocenters. The summed E-state index contributed by atoms with van der Waals surface area (Å²) >= 11 is 0. The third-order valence-electron chi connectivity index (χ3n) is 6.10. The van der Waals surface area contributed by atoms with Gasteiger partial charge in [0.05, 0.1) is 23.4 Å². The molecule has 0 spiro atoms. The van der Waals surface area contributed by atoms with Crippen molar-refractivity contribution in [2.45, 2.75) is 13.0 Å². The highest BCUT2D eigenvalue weighted by Crippen LogP contribution is 2.23. The van der Waals surface area contributed by atoms with Gasteiger partial charge in [0, 0.05) is 30.6 Å². The largest absolute Gasteiger partial charge is 0.331 e. The predicted octanol–water partition coefficient (Wildman–Crippen LogP) is 2.77. The second-order valence-corrected chi connectivity index (χ2v) is 8.04. The SMILES string of the molecule is Cn1nc(C(=O)N2CCc3c(nc4cc(-c5ccccc5)[nH]n4c3=O)C2)c2ccccc21. The number of H-pyrrole nitrogens is 1. The van der Waals surface area contributed by atoms with Crippen LogP contribution in [0.25, 0.3) is 27.8 Å². The van der Waals surface area contributed by atoms with E-state index < -0.39 is 0 Å². The number of para-hydroxylation sites is 1. The van der Waals surface area contributed by atoms with Crippen LogP contribution in [-0.2, 0) is 20.0 Å². The summed E-state index contributed by atoms with van der Waals surface area (Å²) in [6.45, 7) is 0.739. The molecule has 1 aliphatic heterocycles. The van der Waals surface area contributed by atoms with Crippen LogP contribution in [0.15, 0.2) is 65.5 Å². The van der Waals surface area contributed by atoms with Gasteiger partial charge < -0.3 is 4.90 Å². The van der Waals surface area contributed by atoms with Gasteiger partial charge >= 0.3 is 0 Å². The standard InChI is InChI=1S/C24H20N6O2/c1-28-20-10-6-5-9-17(20)22(27-28)24(32)29-12-11-16-19(14-29)25-21-13-18(26-30(21)23(16)31)15-7-3-2-4-8-15/h2-10,13,26H,11-12,14H2,1H3. The number of hydrogen-bond donors (Lipinski definition) is 1. The summed E-state index contributed by atoms with van der Waals surface area (Å²) in [5.41, 5.74) is 4.88. The molecule has 6 rings (SSSR count). The molecule has 8 nitrogen and oxygen atoms in total. The Bertz CT molecular complexity index is 1560. The first-order valence-corrected chi connectivity index (χ1v) is 10.5. The first-order valence-electron chi connectivity index (χ1n) is 10.5. The van der Waals surface area contributed by atoms with Crippen molar-refractivity contribution in [3.8, 4) is 11.3 Å². The van der Waals surface area contributed by atoms with Crippen LogP contribution in [0.3, 0.4) is 0 Å². The average Bonchev–Trinajstić information content (AvgIpc) is 3.41. The average molecular weight is 424 g/mol. The molecule has 0 aliphatic carbocycles. The number of aromatic amines is 1. The molecule has 1 aliphatic rings. The number of nitrogens with one attached hydrogen (secondary N) is 1. The summed E-state index contributed by atoms with van der Waals surface area (Å²) in [6.07, 6.45) is 0.459. The van der Waals surface area contributed by atoms with E-state index in [1.165, 1.54) is 4.52 Å². The molecule has 0 unspecified atom stereocenters. The van der Waals surface area contributed by atoms with E-state index in [0.717, 1.165) is 22.2 Å². The van der Waals surface area contributed by atoms with E-state index in [4.69, 9.17) is 4.98 Å². The van der Waals surface area contributed by atoms with Gasteiger partial charge in [-0.2, -0.15) is 5.10 Å². The summed E-state index contributed by atoms with van der Waals surface area (Å²) < 4.78 is 3.21. The number of benzene rings is 2. The van der Waals surface area contributed by atoms with E-state index in [2.05, 4.69) is 10.2 Å². The van der Waals surface area contributed by atoms with Crippen LogP contribution >= 0.6 is 0 Å². The fraction of sp³-hybridized carbons (Fsp3) is 0.167. The topological polar surface area (TPSA) is 88.3 Å². The lowest BCUT2D eigenvalue weighted by Gasteiger charge is -2.27. The lowest BCUT2D eigenvalue weighted by Crippen LogP contribution is -2.40. The zero-order valence-electron chi connectivity index (χ0n) is 17.4. The zero-order chi connectivity index (χ0) is 21.8. The Morgan fingerprint density at radius 2 is 1.84 bits per heavy atom. The fourth-order valence-corrected chi connectivity index (χ4v) is 4.45. The summed E-state index contributed by atoms with van der Waals surface area (Å²) in [6, 6.07) is 19.4. The second kappa shape index (κ2) is 6.91. The Balaban J connectivity index is 1.38. The number of nitrogens with zero attached hydrogens (tertiary/aromatic N) is 5. The van der Waals surface area contributed by atoms with Gasteiger partial charge in [-0.25, -0.2) is 9.50 Å². The minimum atomic E-state index is -0.145. The number of carbonyl (C=O) groups is 1. The molecule has 0 bridgehead atoms. The highest BCUT2D eigenvalue weighted by atomic mass is 16.2. The molecule has 3 aromatic heterocycles. The van der Waals surface area contributed by atoms with Crippen molar-refractivity contribution in [3.05, 3.63) is 88.0 Å². The molecule has 1 amide bonds. The van der Waals surface area contributed by atoms with Crippen LogP contribution in [0.4, 0.5) is 0 Å². The Kier molecular flexibility index (Phi) is 4.01. The van der Waals surface area contributed by atoms with Crippen molar-refractivity contribution in [3.63, 3.8) is 0 Å². The molecule has 8 heteroatoms. The molecule has 0 saturated carbocycles. The third-order valence-corrected chi connectivity index (χ3v) is 6.10. The first-order chi connectivity index (χ1) is 15.6. The van der Waals surface area contributed by atoms with E-state index in [0.29, 0.717) is 35.6 Å².